The molecule has 0 aliphatic rings. The summed E-state index contributed by atoms with van der Waals surface area (Å²) in [6, 6.07) is 5.51. The monoisotopic (exact) mass is 187 g/mol. The van der Waals surface area contributed by atoms with Gasteiger partial charge >= 0.3 is 0 Å². The molecule has 1 rings (SSSR count). The Balaban J connectivity index is 3.30. The summed E-state index contributed by atoms with van der Waals surface area (Å²) in [6.45, 7) is 4.97. The van der Waals surface area contributed by atoms with Gasteiger partial charge in [-0.05, 0) is 17.2 Å². The van der Waals surface area contributed by atoms with Gasteiger partial charge in [-0.2, -0.15) is 0 Å². The van der Waals surface area contributed by atoms with Crippen molar-refractivity contribution in [2.24, 2.45) is 0 Å². The van der Waals surface area contributed by atoms with Gasteiger partial charge in [0.05, 0.1) is 6.67 Å². The second-order valence-electron chi connectivity index (χ2n) is 3.03. The Kier molecular flexibility index (Phi) is 3.48. The molecular formula is C13H12F. The summed E-state index contributed by atoms with van der Waals surface area (Å²) in [4.78, 5) is 0. The molecule has 0 nitrogen and oxygen atoms in total. The van der Waals surface area contributed by atoms with E-state index >= 15 is 0 Å². The van der Waals surface area contributed by atoms with E-state index in [0.717, 1.165) is 16.7 Å². The quantitative estimate of drug-likeness (QED) is 0.637. The van der Waals surface area contributed by atoms with Gasteiger partial charge in [0.25, 0.3) is 0 Å². The summed E-state index contributed by atoms with van der Waals surface area (Å²) >= 11 is 0. The standard InChI is InChI=1S/C13H12F/c1-4-11-7-6-8-13(10(3)9-14)12(11)5-2/h1,5-8H,2,9H2,3H3. The first kappa shape index (κ1) is 10.5. The molecule has 0 aromatic heterocycles. The molecule has 71 valence electrons. The van der Waals surface area contributed by atoms with E-state index in [0.29, 0.717) is 5.92 Å². The van der Waals surface area contributed by atoms with Gasteiger partial charge in [-0.3, -0.25) is 4.39 Å². The van der Waals surface area contributed by atoms with Crippen LogP contribution in [0.4, 0.5) is 4.39 Å². The smallest absolute Gasteiger partial charge is 0.0998 e. The lowest BCUT2D eigenvalue weighted by Crippen LogP contribution is -2.00. The van der Waals surface area contributed by atoms with Crippen molar-refractivity contribution in [3.05, 3.63) is 47.4 Å². The maximum atomic E-state index is 12.5. The Bertz CT molecular complexity index is 371. The minimum absolute atomic E-state index is 0.463. The third-order valence-electron chi connectivity index (χ3n) is 2.13. The van der Waals surface area contributed by atoms with E-state index in [1.807, 2.05) is 18.2 Å². The number of hydrogen-bond donors (Lipinski definition) is 0. The molecule has 0 fully saturated rings. The van der Waals surface area contributed by atoms with E-state index in [-0.39, 0.29) is 0 Å². The van der Waals surface area contributed by atoms with Crippen LogP contribution in [0.2, 0.25) is 0 Å². The Morgan fingerprint density at radius 1 is 1.64 bits per heavy atom. The lowest BCUT2D eigenvalue weighted by Gasteiger charge is -2.11. The van der Waals surface area contributed by atoms with Crippen LogP contribution in [0.3, 0.4) is 0 Å². The van der Waals surface area contributed by atoms with Gasteiger partial charge in [-0.25, -0.2) is 0 Å². The van der Waals surface area contributed by atoms with Crippen LogP contribution in [0.5, 0.6) is 0 Å². The van der Waals surface area contributed by atoms with Gasteiger partial charge in [-0.15, -0.1) is 6.42 Å². The molecular weight excluding hydrogens is 175 g/mol. The van der Waals surface area contributed by atoms with Gasteiger partial charge in [0, 0.05) is 11.5 Å². The number of rotatable bonds is 3. The molecule has 0 spiro atoms. The van der Waals surface area contributed by atoms with Crippen molar-refractivity contribution >= 4 is 6.08 Å². The van der Waals surface area contributed by atoms with Crippen LogP contribution < -0.4 is 0 Å². The van der Waals surface area contributed by atoms with E-state index < -0.39 is 6.67 Å². The average molecular weight is 187 g/mol. The van der Waals surface area contributed by atoms with E-state index in [9.17, 15) is 4.39 Å². The Labute approximate surface area is 84.5 Å². The van der Waals surface area contributed by atoms with Crippen molar-refractivity contribution in [2.75, 3.05) is 6.67 Å². The molecule has 14 heavy (non-hydrogen) atoms. The molecule has 0 atom stereocenters. The number of hydrogen-bond acceptors (Lipinski definition) is 0. The first-order chi connectivity index (χ1) is 6.74. The van der Waals surface area contributed by atoms with E-state index in [1.165, 1.54) is 0 Å². The second kappa shape index (κ2) is 4.62. The Morgan fingerprint density at radius 2 is 2.36 bits per heavy atom. The molecule has 0 aliphatic carbocycles. The number of terminal acetylenes is 1. The van der Waals surface area contributed by atoms with Crippen LogP contribution in [0.25, 0.3) is 6.08 Å². The average Bonchev–Trinajstić information content (AvgIpc) is 2.26. The lowest BCUT2D eigenvalue weighted by molar-refractivity contribution is 0.516. The predicted octanol–water partition coefficient (Wildman–Crippen LogP) is 3.22. The minimum Gasteiger partial charge on any atom is -0.250 e. The molecule has 0 N–H and O–H groups in total. The van der Waals surface area contributed by atoms with Crippen LogP contribution in [0, 0.1) is 18.3 Å². The summed E-state index contributed by atoms with van der Waals surface area (Å²) in [7, 11) is 0. The highest BCUT2D eigenvalue weighted by Gasteiger charge is 2.11. The second-order valence-corrected chi connectivity index (χ2v) is 3.03. The Hall–Kier alpha value is -1.55. The fourth-order valence-corrected chi connectivity index (χ4v) is 1.36. The van der Waals surface area contributed by atoms with Crippen LogP contribution in [0.15, 0.2) is 24.8 Å². The maximum Gasteiger partial charge on any atom is 0.0998 e. The highest BCUT2D eigenvalue weighted by atomic mass is 19.1. The summed E-state index contributed by atoms with van der Waals surface area (Å²) in [5, 5.41) is 0. The molecule has 0 saturated heterocycles. The zero-order valence-electron chi connectivity index (χ0n) is 8.18. The zero-order valence-corrected chi connectivity index (χ0v) is 8.18. The lowest BCUT2D eigenvalue weighted by atomic mass is 9.93. The molecule has 1 heteroatoms. The van der Waals surface area contributed by atoms with Crippen molar-refractivity contribution in [1.29, 1.82) is 0 Å². The SMILES string of the molecule is C#Cc1cccc([C](C)CF)c1C=C. The molecule has 1 radical (unpaired) electrons. The van der Waals surface area contributed by atoms with Gasteiger partial charge in [0.15, 0.2) is 0 Å². The third kappa shape index (κ3) is 1.85. The topological polar surface area (TPSA) is 0 Å². The summed E-state index contributed by atoms with van der Waals surface area (Å²) in [5.41, 5.74) is 2.44. The molecule has 0 aliphatic heterocycles. The van der Waals surface area contributed by atoms with Gasteiger partial charge in [0.2, 0.25) is 0 Å². The highest BCUT2D eigenvalue weighted by molar-refractivity contribution is 5.64. The normalized spacial score (nSPS) is 9.86. The first-order valence-corrected chi connectivity index (χ1v) is 4.35. The molecule has 0 amide bonds. The van der Waals surface area contributed by atoms with Crippen LogP contribution in [-0.2, 0) is 0 Å². The van der Waals surface area contributed by atoms with E-state index in [4.69, 9.17) is 6.42 Å². The molecule has 1 aromatic carbocycles. The first-order valence-electron chi connectivity index (χ1n) is 4.35. The summed E-state index contributed by atoms with van der Waals surface area (Å²) < 4.78 is 12.5. The fourth-order valence-electron chi connectivity index (χ4n) is 1.36. The number of benzene rings is 1. The van der Waals surface area contributed by atoms with E-state index in [1.54, 1.807) is 13.0 Å². The fraction of sp³-hybridized carbons (Fsp3) is 0.154. The van der Waals surface area contributed by atoms with Crippen LogP contribution in [0.1, 0.15) is 23.6 Å². The van der Waals surface area contributed by atoms with Crippen LogP contribution >= 0.6 is 0 Å². The Morgan fingerprint density at radius 3 is 2.86 bits per heavy atom. The van der Waals surface area contributed by atoms with Crippen molar-refractivity contribution < 1.29 is 4.39 Å². The highest BCUT2D eigenvalue weighted by Crippen LogP contribution is 2.23. The molecule has 0 bridgehead atoms. The molecule has 0 unspecified atom stereocenters. The largest absolute Gasteiger partial charge is 0.250 e. The van der Waals surface area contributed by atoms with Gasteiger partial charge in [-0.1, -0.05) is 37.6 Å². The zero-order chi connectivity index (χ0) is 10.6. The van der Waals surface area contributed by atoms with E-state index in [2.05, 4.69) is 12.5 Å². The van der Waals surface area contributed by atoms with Crippen molar-refractivity contribution in [2.45, 2.75) is 6.92 Å². The predicted molar refractivity (Wildman–Crippen MR) is 58.5 cm³/mol. The van der Waals surface area contributed by atoms with Crippen LogP contribution in [-0.4, -0.2) is 6.67 Å². The van der Waals surface area contributed by atoms with Crippen molar-refractivity contribution in [3.8, 4) is 12.3 Å². The van der Waals surface area contributed by atoms with Crippen molar-refractivity contribution in [3.63, 3.8) is 0 Å². The molecule has 0 heterocycles. The van der Waals surface area contributed by atoms with Crippen molar-refractivity contribution in [1.82, 2.24) is 0 Å². The molecule has 1 aromatic rings. The summed E-state index contributed by atoms with van der Waals surface area (Å²) in [6.07, 6.45) is 7.01. The minimum atomic E-state index is -0.463. The maximum absolute atomic E-state index is 12.5. The third-order valence-corrected chi connectivity index (χ3v) is 2.13. The number of halogens is 1. The molecule has 0 saturated carbocycles. The number of alkyl halides is 1. The van der Waals surface area contributed by atoms with Gasteiger partial charge < -0.3 is 0 Å². The van der Waals surface area contributed by atoms with Gasteiger partial charge in [0.1, 0.15) is 0 Å². The summed E-state index contributed by atoms with van der Waals surface area (Å²) in [5.74, 6) is 3.24.